The van der Waals surface area contributed by atoms with Crippen LogP contribution < -0.4 is 9.47 Å². The van der Waals surface area contributed by atoms with Gasteiger partial charge >= 0.3 is 5.97 Å². The molecular weight excluding hydrogens is 420 g/mol. The van der Waals surface area contributed by atoms with Gasteiger partial charge in [0.2, 0.25) is 5.91 Å². The molecule has 7 heteroatoms. The van der Waals surface area contributed by atoms with Gasteiger partial charge in [0, 0.05) is 39.6 Å². The smallest absolute Gasteiger partial charge is 0.306 e. The largest absolute Gasteiger partial charge is 0.493 e. The fourth-order valence-corrected chi connectivity index (χ4v) is 5.29. The summed E-state index contributed by atoms with van der Waals surface area (Å²) in [5.74, 6) is 2.56. The van der Waals surface area contributed by atoms with E-state index in [2.05, 4.69) is 30.9 Å². The van der Waals surface area contributed by atoms with E-state index in [1.807, 2.05) is 0 Å². The molecule has 0 aromatic heterocycles. The predicted octanol–water partition coefficient (Wildman–Crippen LogP) is 3.70. The van der Waals surface area contributed by atoms with Crippen molar-refractivity contribution in [1.82, 2.24) is 9.80 Å². The van der Waals surface area contributed by atoms with Crippen LogP contribution in [0.5, 0.6) is 11.5 Å². The van der Waals surface area contributed by atoms with E-state index in [1.54, 1.807) is 28.3 Å². The van der Waals surface area contributed by atoms with E-state index in [-0.39, 0.29) is 30.8 Å². The molecule has 1 aromatic rings. The molecule has 3 rings (SSSR count). The van der Waals surface area contributed by atoms with Crippen LogP contribution in [-0.2, 0) is 20.7 Å². The molecule has 0 bridgehead atoms. The molecule has 184 valence electrons. The van der Waals surface area contributed by atoms with E-state index in [9.17, 15) is 9.59 Å². The lowest BCUT2D eigenvalue weighted by atomic mass is 9.74. The van der Waals surface area contributed by atoms with E-state index in [4.69, 9.17) is 14.2 Å². The fraction of sp³-hybridized carbons (Fsp3) is 0.692. The maximum atomic E-state index is 12.3. The summed E-state index contributed by atoms with van der Waals surface area (Å²) in [6.07, 6.45) is 3.39. The number of carbonyl (C=O) groups is 2. The highest BCUT2D eigenvalue weighted by Crippen LogP contribution is 2.45. The Morgan fingerprint density at radius 3 is 2.42 bits per heavy atom. The molecular formula is C26H40N2O5. The van der Waals surface area contributed by atoms with Crippen molar-refractivity contribution >= 4 is 11.9 Å². The van der Waals surface area contributed by atoms with Gasteiger partial charge < -0.3 is 19.1 Å². The molecule has 3 unspecified atom stereocenters. The number of ether oxygens (including phenoxy) is 3. The summed E-state index contributed by atoms with van der Waals surface area (Å²) in [6.45, 7) is 6.97. The minimum Gasteiger partial charge on any atom is -0.493 e. The van der Waals surface area contributed by atoms with Crippen molar-refractivity contribution in [3.05, 3.63) is 23.3 Å². The standard InChI is InChI=1S/C26H40N2O5/c1-17(2)11-19-15-28-10-9-18-13-23(31-5)24(32-6)14-21(18)22(28)12-20(19)16-33-26(30)8-7-25(29)27(3)4/h13-14,17,19-20,22H,7-12,15-16H2,1-6H3. The van der Waals surface area contributed by atoms with E-state index in [0.717, 1.165) is 43.9 Å². The number of methoxy groups -OCH3 is 2. The van der Waals surface area contributed by atoms with Crippen LogP contribution in [0.4, 0.5) is 0 Å². The zero-order chi connectivity index (χ0) is 24.1. The van der Waals surface area contributed by atoms with Crippen LogP contribution in [0.3, 0.4) is 0 Å². The van der Waals surface area contributed by atoms with E-state index >= 15 is 0 Å². The lowest BCUT2D eigenvalue weighted by Crippen LogP contribution is -2.47. The SMILES string of the molecule is COc1cc2c(cc1OC)C1CC(COC(=O)CCC(=O)N(C)C)C(CC(C)C)CN1CC2. The zero-order valence-electron chi connectivity index (χ0n) is 21.1. The van der Waals surface area contributed by atoms with E-state index < -0.39 is 0 Å². The molecule has 0 radical (unpaired) electrons. The summed E-state index contributed by atoms with van der Waals surface area (Å²) >= 11 is 0. The average Bonchev–Trinajstić information content (AvgIpc) is 2.79. The van der Waals surface area contributed by atoms with Crippen molar-refractivity contribution in [2.45, 2.75) is 52.0 Å². The Labute approximate surface area is 198 Å². The quantitative estimate of drug-likeness (QED) is 0.524. The number of hydrogen-bond donors (Lipinski definition) is 0. The van der Waals surface area contributed by atoms with Gasteiger partial charge in [-0.25, -0.2) is 0 Å². The average molecular weight is 461 g/mol. The Balaban J connectivity index is 1.73. The van der Waals surface area contributed by atoms with Crippen LogP contribution in [0.2, 0.25) is 0 Å². The van der Waals surface area contributed by atoms with Crippen molar-refractivity contribution in [2.75, 3.05) is 48.0 Å². The highest BCUT2D eigenvalue weighted by molar-refractivity contribution is 5.80. The van der Waals surface area contributed by atoms with Crippen LogP contribution in [-0.4, -0.2) is 69.7 Å². The van der Waals surface area contributed by atoms with Gasteiger partial charge in [-0.3, -0.25) is 14.5 Å². The van der Waals surface area contributed by atoms with Crippen LogP contribution in [0, 0.1) is 17.8 Å². The number of rotatable bonds is 9. The monoisotopic (exact) mass is 460 g/mol. The van der Waals surface area contributed by atoms with Gasteiger partial charge in [0.1, 0.15) is 0 Å². The molecule has 0 aliphatic carbocycles. The first-order valence-electron chi connectivity index (χ1n) is 12.1. The zero-order valence-corrected chi connectivity index (χ0v) is 21.1. The molecule has 1 aromatic carbocycles. The molecule has 2 aliphatic heterocycles. The Morgan fingerprint density at radius 1 is 1.09 bits per heavy atom. The minimum atomic E-state index is -0.286. The van der Waals surface area contributed by atoms with Crippen molar-refractivity contribution in [3.63, 3.8) is 0 Å². The summed E-state index contributed by atoms with van der Waals surface area (Å²) in [6, 6.07) is 4.53. The second-order valence-electron chi connectivity index (χ2n) is 10.0. The highest BCUT2D eigenvalue weighted by Gasteiger charge is 2.40. The normalized spacial score (nSPS) is 22.3. The number of benzene rings is 1. The third-order valence-corrected chi connectivity index (χ3v) is 7.05. The molecule has 0 saturated carbocycles. The number of esters is 1. The maximum Gasteiger partial charge on any atom is 0.306 e. The summed E-state index contributed by atoms with van der Waals surface area (Å²) in [7, 11) is 6.75. The number of piperidine rings is 1. The highest BCUT2D eigenvalue weighted by atomic mass is 16.5. The van der Waals surface area contributed by atoms with Gasteiger partial charge in [-0.15, -0.1) is 0 Å². The van der Waals surface area contributed by atoms with Gasteiger partial charge in [0.25, 0.3) is 0 Å². The molecule has 1 saturated heterocycles. The number of hydrogen-bond acceptors (Lipinski definition) is 6. The lowest BCUT2D eigenvalue weighted by Gasteiger charge is -2.47. The molecule has 1 amide bonds. The molecule has 1 fully saturated rings. The molecule has 7 nitrogen and oxygen atoms in total. The Morgan fingerprint density at radius 2 is 1.79 bits per heavy atom. The Kier molecular flexibility index (Phi) is 8.63. The van der Waals surface area contributed by atoms with Crippen molar-refractivity contribution in [1.29, 1.82) is 0 Å². The Hall–Kier alpha value is -2.28. The first-order valence-corrected chi connectivity index (χ1v) is 12.1. The van der Waals surface area contributed by atoms with Crippen LogP contribution >= 0.6 is 0 Å². The van der Waals surface area contributed by atoms with Crippen LogP contribution in [0.1, 0.15) is 56.7 Å². The second kappa shape index (κ2) is 11.2. The fourth-order valence-electron chi connectivity index (χ4n) is 5.29. The predicted molar refractivity (Wildman–Crippen MR) is 128 cm³/mol. The van der Waals surface area contributed by atoms with E-state index in [0.29, 0.717) is 24.4 Å². The number of amides is 1. The van der Waals surface area contributed by atoms with Gasteiger partial charge in [-0.05, 0) is 60.3 Å². The first kappa shape index (κ1) is 25.3. The van der Waals surface area contributed by atoms with Gasteiger partial charge in [-0.1, -0.05) is 13.8 Å². The molecule has 33 heavy (non-hydrogen) atoms. The summed E-state index contributed by atoms with van der Waals surface area (Å²) in [4.78, 5) is 28.2. The maximum absolute atomic E-state index is 12.3. The third kappa shape index (κ3) is 6.19. The Bertz CT molecular complexity index is 838. The third-order valence-electron chi connectivity index (χ3n) is 7.05. The molecule has 2 aliphatic rings. The molecule has 0 spiro atoms. The molecule has 2 heterocycles. The van der Waals surface area contributed by atoms with Crippen molar-refractivity contribution in [3.8, 4) is 11.5 Å². The first-order chi connectivity index (χ1) is 15.7. The second-order valence-corrected chi connectivity index (χ2v) is 10.0. The van der Waals surface area contributed by atoms with Crippen molar-refractivity contribution in [2.24, 2.45) is 17.8 Å². The summed E-state index contributed by atoms with van der Waals surface area (Å²) in [5, 5.41) is 0. The van der Waals surface area contributed by atoms with Crippen LogP contribution in [0.25, 0.3) is 0 Å². The van der Waals surface area contributed by atoms with Gasteiger partial charge in [0.15, 0.2) is 11.5 Å². The molecule has 3 atom stereocenters. The summed E-state index contributed by atoms with van der Waals surface area (Å²) < 4.78 is 16.8. The minimum absolute atomic E-state index is 0.0545. The van der Waals surface area contributed by atoms with Gasteiger partial charge in [0.05, 0.1) is 27.2 Å². The number of nitrogens with zero attached hydrogens (tertiary/aromatic N) is 2. The number of fused-ring (bicyclic) bond motifs is 3. The lowest BCUT2D eigenvalue weighted by molar-refractivity contribution is -0.148. The molecule has 0 N–H and O–H groups in total. The van der Waals surface area contributed by atoms with Crippen LogP contribution in [0.15, 0.2) is 12.1 Å². The topological polar surface area (TPSA) is 68.3 Å². The summed E-state index contributed by atoms with van der Waals surface area (Å²) in [5.41, 5.74) is 2.61. The van der Waals surface area contributed by atoms with Crippen molar-refractivity contribution < 1.29 is 23.8 Å². The number of carbonyl (C=O) groups excluding carboxylic acids is 2. The van der Waals surface area contributed by atoms with E-state index in [1.165, 1.54) is 16.0 Å². The van der Waals surface area contributed by atoms with Gasteiger partial charge in [-0.2, -0.15) is 0 Å².